The van der Waals surface area contributed by atoms with Crippen molar-refractivity contribution in [2.75, 3.05) is 5.43 Å². The molecule has 1 fully saturated rings. The zero-order chi connectivity index (χ0) is 14.1. The van der Waals surface area contributed by atoms with Crippen LogP contribution in [0.25, 0.3) is 0 Å². The fourth-order valence-electron chi connectivity index (χ4n) is 1.96. The summed E-state index contributed by atoms with van der Waals surface area (Å²) in [5, 5.41) is 11.4. The summed E-state index contributed by atoms with van der Waals surface area (Å²) in [6.45, 7) is 3.79. The van der Waals surface area contributed by atoms with Crippen LogP contribution in [0.1, 0.15) is 36.5 Å². The molecule has 2 aromatic rings. The lowest BCUT2D eigenvalue weighted by Crippen LogP contribution is -2.15. The first-order chi connectivity index (χ1) is 9.63. The Kier molecular flexibility index (Phi) is 3.09. The maximum Gasteiger partial charge on any atom is 0.274 e. The Morgan fingerprint density at radius 3 is 3.00 bits per heavy atom. The first kappa shape index (κ1) is 12.6. The third-order valence-corrected chi connectivity index (χ3v) is 3.35. The summed E-state index contributed by atoms with van der Waals surface area (Å²) in [5.41, 5.74) is 2.63. The van der Waals surface area contributed by atoms with Crippen molar-refractivity contribution in [1.82, 2.24) is 15.2 Å². The predicted octanol–water partition coefficient (Wildman–Crippen LogP) is 1.64. The highest BCUT2D eigenvalue weighted by molar-refractivity contribution is 5.76. The molecule has 104 valence electrons. The SMILES string of the molecule is Cc1nnc(N/N=C\c2ccc([C@H]3C[C@@H]3C)o2)[nH]c1=O. The summed E-state index contributed by atoms with van der Waals surface area (Å²) in [7, 11) is 0. The van der Waals surface area contributed by atoms with Crippen molar-refractivity contribution in [3.63, 3.8) is 0 Å². The molecular weight excluding hydrogens is 258 g/mol. The van der Waals surface area contributed by atoms with E-state index in [9.17, 15) is 4.79 Å². The van der Waals surface area contributed by atoms with E-state index in [2.05, 4.69) is 32.6 Å². The van der Waals surface area contributed by atoms with Crippen LogP contribution in [0.5, 0.6) is 0 Å². The summed E-state index contributed by atoms with van der Waals surface area (Å²) in [6, 6.07) is 3.85. The third-order valence-electron chi connectivity index (χ3n) is 3.35. The van der Waals surface area contributed by atoms with Gasteiger partial charge in [-0.2, -0.15) is 5.10 Å². The number of aromatic nitrogens is 3. The van der Waals surface area contributed by atoms with Crippen molar-refractivity contribution in [2.24, 2.45) is 11.0 Å². The van der Waals surface area contributed by atoms with Gasteiger partial charge in [-0.25, -0.2) is 5.43 Å². The normalized spacial score (nSPS) is 21.3. The number of nitrogens with zero attached hydrogens (tertiary/aromatic N) is 3. The van der Waals surface area contributed by atoms with Gasteiger partial charge in [-0.3, -0.25) is 9.78 Å². The Balaban J connectivity index is 1.63. The van der Waals surface area contributed by atoms with Crippen LogP contribution in [0.4, 0.5) is 5.95 Å². The Morgan fingerprint density at radius 1 is 1.50 bits per heavy atom. The molecule has 7 nitrogen and oxygen atoms in total. The summed E-state index contributed by atoms with van der Waals surface area (Å²) in [6.07, 6.45) is 2.72. The largest absolute Gasteiger partial charge is 0.460 e. The number of aryl methyl sites for hydroxylation is 1. The van der Waals surface area contributed by atoms with Crippen molar-refractivity contribution < 1.29 is 4.42 Å². The molecule has 7 heteroatoms. The first-order valence-corrected chi connectivity index (χ1v) is 6.46. The Labute approximate surface area is 115 Å². The van der Waals surface area contributed by atoms with E-state index in [0.717, 1.165) is 5.76 Å². The van der Waals surface area contributed by atoms with E-state index in [1.807, 2.05) is 12.1 Å². The molecule has 0 spiro atoms. The molecule has 0 aliphatic heterocycles. The minimum absolute atomic E-state index is 0.194. The monoisotopic (exact) mass is 273 g/mol. The average molecular weight is 273 g/mol. The molecule has 1 aliphatic carbocycles. The standard InChI is InChI=1S/C13H15N5O2/c1-7-5-10(7)11-4-3-9(20-11)6-14-17-13-15-12(19)8(2)16-18-13/h3-4,6-7,10H,5H2,1-2H3,(H2,15,17,18,19)/b14-6-/t7-,10-/m0/s1. The fourth-order valence-corrected chi connectivity index (χ4v) is 1.96. The van der Waals surface area contributed by atoms with Gasteiger partial charge in [0.2, 0.25) is 5.95 Å². The summed E-state index contributed by atoms with van der Waals surface area (Å²) < 4.78 is 5.66. The first-order valence-electron chi connectivity index (χ1n) is 6.46. The van der Waals surface area contributed by atoms with Gasteiger partial charge in [0.05, 0.1) is 6.21 Å². The van der Waals surface area contributed by atoms with Crippen LogP contribution in [-0.2, 0) is 0 Å². The van der Waals surface area contributed by atoms with Gasteiger partial charge in [0.25, 0.3) is 5.56 Å². The van der Waals surface area contributed by atoms with Crippen LogP contribution >= 0.6 is 0 Å². The number of hydrazone groups is 1. The number of H-pyrrole nitrogens is 1. The van der Waals surface area contributed by atoms with Crippen molar-refractivity contribution in [1.29, 1.82) is 0 Å². The fraction of sp³-hybridized carbons (Fsp3) is 0.385. The van der Waals surface area contributed by atoms with E-state index in [4.69, 9.17) is 4.42 Å². The van der Waals surface area contributed by atoms with Crippen LogP contribution in [0.2, 0.25) is 0 Å². The maximum atomic E-state index is 11.3. The molecule has 0 saturated heterocycles. The van der Waals surface area contributed by atoms with Crippen molar-refractivity contribution in [3.8, 4) is 0 Å². The van der Waals surface area contributed by atoms with Crippen LogP contribution in [0.15, 0.2) is 26.4 Å². The maximum absolute atomic E-state index is 11.3. The van der Waals surface area contributed by atoms with Crippen LogP contribution in [0.3, 0.4) is 0 Å². The Hall–Kier alpha value is -2.44. The van der Waals surface area contributed by atoms with E-state index in [-0.39, 0.29) is 11.5 Å². The van der Waals surface area contributed by atoms with Gasteiger partial charge >= 0.3 is 0 Å². The lowest BCUT2D eigenvalue weighted by Gasteiger charge is -1.97. The van der Waals surface area contributed by atoms with E-state index >= 15 is 0 Å². The molecule has 2 aromatic heterocycles. The smallest absolute Gasteiger partial charge is 0.274 e. The molecule has 0 radical (unpaired) electrons. The zero-order valence-electron chi connectivity index (χ0n) is 11.3. The highest BCUT2D eigenvalue weighted by Crippen LogP contribution is 2.47. The minimum Gasteiger partial charge on any atom is -0.460 e. The molecule has 0 unspecified atom stereocenters. The van der Waals surface area contributed by atoms with E-state index < -0.39 is 0 Å². The molecule has 0 aromatic carbocycles. The molecule has 0 amide bonds. The van der Waals surface area contributed by atoms with Crippen LogP contribution in [0, 0.1) is 12.8 Å². The average Bonchev–Trinajstić information content (AvgIpc) is 2.97. The summed E-state index contributed by atoms with van der Waals surface area (Å²) >= 11 is 0. The van der Waals surface area contributed by atoms with Crippen LogP contribution in [-0.4, -0.2) is 21.4 Å². The molecule has 3 rings (SSSR count). The molecular formula is C13H15N5O2. The van der Waals surface area contributed by atoms with Crippen molar-refractivity contribution in [3.05, 3.63) is 39.7 Å². The number of anilines is 1. The van der Waals surface area contributed by atoms with Gasteiger partial charge in [-0.1, -0.05) is 6.92 Å². The quantitative estimate of drug-likeness (QED) is 0.652. The number of aromatic amines is 1. The molecule has 1 aliphatic rings. The molecule has 20 heavy (non-hydrogen) atoms. The zero-order valence-corrected chi connectivity index (χ0v) is 11.3. The van der Waals surface area contributed by atoms with Crippen molar-refractivity contribution in [2.45, 2.75) is 26.2 Å². The molecule has 2 N–H and O–H groups in total. The summed E-state index contributed by atoms with van der Waals surface area (Å²) in [5.74, 6) is 3.11. The molecule has 2 heterocycles. The highest BCUT2D eigenvalue weighted by Gasteiger charge is 2.36. The second kappa shape index (κ2) is 4.92. The Bertz CT molecular complexity index is 703. The van der Waals surface area contributed by atoms with Gasteiger partial charge in [-0.05, 0) is 31.4 Å². The summed E-state index contributed by atoms with van der Waals surface area (Å²) in [4.78, 5) is 13.8. The van der Waals surface area contributed by atoms with Gasteiger partial charge in [-0.15, -0.1) is 10.2 Å². The third kappa shape index (κ3) is 2.61. The molecule has 2 atom stereocenters. The van der Waals surface area contributed by atoms with Crippen LogP contribution < -0.4 is 11.0 Å². The second-order valence-electron chi connectivity index (χ2n) is 5.02. The molecule has 0 bridgehead atoms. The number of hydrogen-bond donors (Lipinski definition) is 2. The van der Waals surface area contributed by atoms with Gasteiger partial charge in [0.1, 0.15) is 17.2 Å². The predicted molar refractivity (Wildman–Crippen MR) is 73.8 cm³/mol. The van der Waals surface area contributed by atoms with Gasteiger partial charge in [0, 0.05) is 5.92 Å². The molecule has 1 saturated carbocycles. The lowest BCUT2D eigenvalue weighted by atomic mass is 10.3. The number of hydrogen-bond acceptors (Lipinski definition) is 6. The van der Waals surface area contributed by atoms with E-state index in [1.165, 1.54) is 12.6 Å². The lowest BCUT2D eigenvalue weighted by molar-refractivity contribution is 0.500. The number of rotatable bonds is 4. The van der Waals surface area contributed by atoms with E-state index in [0.29, 0.717) is 23.3 Å². The van der Waals surface area contributed by atoms with Gasteiger partial charge < -0.3 is 4.42 Å². The second-order valence-corrected chi connectivity index (χ2v) is 5.02. The van der Waals surface area contributed by atoms with Gasteiger partial charge in [0.15, 0.2) is 0 Å². The van der Waals surface area contributed by atoms with Crippen molar-refractivity contribution >= 4 is 12.2 Å². The minimum atomic E-state index is -0.291. The number of nitrogens with one attached hydrogen (secondary N) is 2. The Morgan fingerprint density at radius 2 is 2.30 bits per heavy atom. The topological polar surface area (TPSA) is 96.2 Å². The number of furan rings is 1. The highest BCUT2D eigenvalue weighted by atomic mass is 16.3. The van der Waals surface area contributed by atoms with E-state index in [1.54, 1.807) is 6.92 Å².